The van der Waals surface area contributed by atoms with Crippen molar-refractivity contribution in [3.8, 4) is 5.75 Å². The Kier molecular flexibility index (Phi) is 3.44. The molecule has 0 atom stereocenters. The molecule has 0 saturated heterocycles. The number of phenolic OH excluding ortho intramolecular Hbond substituents is 1. The van der Waals surface area contributed by atoms with Crippen LogP contribution in [0.25, 0.3) is 0 Å². The SMILES string of the molecule is Oc1ccc(CNCc2ncc[nH]2)cc1Cl. The summed E-state index contributed by atoms with van der Waals surface area (Å²) < 4.78 is 0. The minimum atomic E-state index is 0.108. The van der Waals surface area contributed by atoms with Gasteiger partial charge in [-0.1, -0.05) is 17.7 Å². The lowest BCUT2D eigenvalue weighted by Crippen LogP contribution is -2.13. The summed E-state index contributed by atoms with van der Waals surface area (Å²) in [5, 5.41) is 12.8. The third kappa shape index (κ3) is 2.74. The second-order valence-corrected chi connectivity index (χ2v) is 3.83. The van der Waals surface area contributed by atoms with Crippen molar-refractivity contribution in [2.75, 3.05) is 0 Å². The van der Waals surface area contributed by atoms with Crippen molar-refractivity contribution in [2.45, 2.75) is 13.1 Å². The van der Waals surface area contributed by atoms with E-state index >= 15 is 0 Å². The van der Waals surface area contributed by atoms with Gasteiger partial charge in [-0.15, -0.1) is 0 Å². The maximum absolute atomic E-state index is 9.25. The van der Waals surface area contributed by atoms with Crippen molar-refractivity contribution < 1.29 is 5.11 Å². The van der Waals surface area contributed by atoms with Crippen LogP contribution in [0.5, 0.6) is 5.75 Å². The number of imidazole rings is 1. The van der Waals surface area contributed by atoms with E-state index < -0.39 is 0 Å². The van der Waals surface area contributed by atoms with Crippen molar-refractivity contribution in [1.29, 1.82) is 0 Å². The van der Waals surface area contributed by atoms with Gasteiger partial charge in [0.25, 0.3) is 0 Å². The van der Waals surface area contributed by atoms with Gasteiger partial charge in [0.05, 0.1) is 11.6 Å². The molecule has 1 aromatic heterocycles. The van der Waals surface area contributed by atoms with Gasteiger partial charge < -0.3 is 15.4 Å². The number of benzene rings is 1. The summed E-state index contributed by atoms with van der Waals surface area (Å²) in [5.41, 5.74) is 1.02. The van der Waals surface area contributed by atoms with E-state index in [1.807, 2.05) is 6.07 Å². The summed E-state index contributed by atoms with van der Waals surface area (Å²) in [6.45, 7) is 1.35. The highest BCUT2D eigenvalue weighted by Gasteiger charge is 2.00. The number of aromatic nitrogens is 2. The van der Waals surface area contributed by atoms with Crippen LogP contribution in [0.2, 0.25) is 5.02 Å². The first-order chi connectivity index (χ1) is 7.75. The molecule has 4 nitrogen and oxygen atoms in total. The van der Waals surface area contributed by atoms with Crippen LogP contribution in [0.1, 0.15) is 11.4 Å². The summed E-state index contributed by atoms with van der Waals surface area (Å²) in [4.78, 5) is 7.10. The number of hydrogen-bond acceptors (Lipinski definition) is 3. The second-order valence-electron chi connectivity index (χ2n) is 3.43. The summed E-state index contributed by atoms with van der Waals surface area (Å²) in [5.74, 6) is 1.00. The normalized spacial score (nSPS) is 10.6. The van der Waals surface area contributed by atoms with E-state index in [4.69, 9.17) is 11.6 Å². The molecule has 0 saturated carbocycles. The third-order valence-corrected chi connectivity index (χ3v) is 2.49. The lowest BCUT2D eigenvalue weighted by Gasteiger charge is -2.04. The number of aromatic hydroxyl groups is 1. The van der Waals surface area contributed by atoms with E-state index in [9.17, 15) is 5.11 Å². The van der Waals surface area contributed by atoms with Gasteiger partial charge in [0.1, 0.15) is 11.6 Å². The molecule has 0 spiro atoms. The first kappa shape index (κ1) is 11.0. The largest absolute Gasteiger partial charge is 0.506 e. The van der Waals surface area contributed by atoms with Gasteiger partial charge in [-0.05, 0) is 17.7 Å². The van der Waals surface area contributed by atoms with Crippen LogP contribution in [0.15, 0.2) is 30.6 Å². The molecule has 5 heteroatoms. The lowest BCUT2D eigenvalue weighted by atomic mass is 10.2. The zero-order valence-electron chi connectivity index (χ0n) is 8.57. The van der Waals surface area contributed by atoms with E-state index in [-0.39, 0.29) is 5.75 Å². The minimum Gasteiger partial charge on any atom is -0.506 e. The zero-order chi connectivity index (χ0) is 11.4. The van der Waals surface area contributed by atoms with Crippen LogP contribution < -0.4 is 5.32 Å². The monoisotopic (exact) mass is 237 g/mol. The average Bonchev–Trinajstić information content (AvgIpc) is 2.76. The number of H-pyrrole nitrogens is 1. The molecule has 2 aromatic rings. The molecule has 1 heterocycles. The summed E-state index contributed by atoms with van der Waals surface area (Å²) in [7, 11) is 0. The molecular weight excluding hydrogens is 226 g/mol. The summed E-state index contributed by atoms with van der Waals surface area (Å²) in [6, 6.07) is 5.16. The highest BCUT2D eigenvalue weighted by molar-refractivity contribution is 6.32. The lowest BCUT2D eigenvalue weighted by molar-refractivity contribution is 0.475. The molecule has 0 amide bonds. The van der Waals surface area contributed by atoms with Gasteiger partial charge in [0.15, 0.2) is 0 Å². The van der Waals surface area contributed by atoms with Gasteiger partial charge >= 0.3 is 0 Å². The number of aromatic amines is 1. The fraction of sp³-hybridized carbons (Fsp3) is 0.182. The molecule has 0 radical (unpaired) electrons. The Morgan fingerprint density at radius 2 is 2.25 bits per heavy atom. The van der Waals surface area contributed by atoms with Crippen LogP contribution in [0.3, 0.4) is 0 Å². The van der Waals surface area contributed by atoms with Gasteiger partial charge in [-0.3, -0.25) is 0 Å². The Morgan fingerprint density at radius 3 is 2.94 bits per heavy atom. The van der Waals surface area contributed by atoms with Crippen molar-refractivity contribution in [2.24, 2.45) is 0 Å². The highest BCUT2D eigenvalue weighted by Crippen LogP contribution is 2.23. The van der Waals surface area contributed by atoms with Gasteiger partial charge in [0, 0.05) is 18.9 Å². The van der Waals surface area contributed by atoms with E-state index in [2.05, 4.69) is 15.3 Å². The second kappa shape index (κ2) is 5.01. The maximum atomic E-state index is 9.25. The highest BCUT2D eigenvalue weighted by atomic mass is 35.5. The number of rotatable bonds is 4. The van der Waals surface area contributed by atoms with Gasteiger partial charge in [-0.2, -0.15) is 0 Å². The van der Waals surface area contributed by atoms with Crippen LogP contribution in [-0.2, 0) is 13.1 Å². The van der Waals surface area contributed by atoms with E-state index in [0.717, 1.165) is 11.4 Å². The topological polar surface area (TPSA) is 60.9 Å². The Labute approximate surface area is 98.3 Å². The van der Waals surface area contributed by atoms with E-state index in [0.29, 0.717) is 18.1 Å². The van der Waals surface area contributed by atoms with Crippen LogP contribution in [0, 0.1) is 0 Å². The average molecular weight is 238 g/mol. The molecule has 0 aliphatic carbocycles. The predicted octanol–water partition coefficient (Wildman–Crippen LogP) is 2.06. The van der Waals surface area contributed by atoms with Gasteiger partial charge in [-0.25, -0.2) is 4.98 Å². The molecule has 0 unspecified atom stereocenters. The molecule has 0 bridgehead atoms. The quantitative estimate of drug-likeness (QED) is 0.763. The molecule has 2 rings (SSSR count). The predicted molar refractivity (Wildman–Crippen MR) is 62.2 cm³/mol. The number of hydrogen-bond donors (Lipinski definition) is 3. The smallest absolute Gasteiger partial charge is 0.134 e. The number of phenols is 1. The summed E-state index contributed by atoms with van der Waals surface area (Å²) in [6.07, 6.45) is 3.50. The van der Waals surface area contributed by atoms with Crippen molar-refractivity contribution in [3.63, 3.8) is 0 Å². The Hall–Kier alpha value is -1.52. The molecule has 84 valence electrons. The third-order valence-electron chi connectivity index (χ3n) is 2.19. The molecular formula is C11H12ClN3O. The van der Waals surface area contributed by atoms with Crippen molar-refractivity contribution in [1.82, 2.24) is 15.3 Å². The fourth-order valence-electron chi connectivity index (χ4n) is 1.38. The molecule has 0 aliphatic heterocycles. The number of nitrogens with zero attached hydrogens (tertiary/aromatic N) is 1. The van der Waals surface area contributed by atoms with E-state index in [1.165, 1.54) is 0 Å². The minimum absolute atomic E-state index is 0.108. The zero-order valence-corrected chi connectivity index (χ0v) is 9.33. The van der Waals surface area contributed by atoms with Crippen LogP contribution in [0.4, 0.5) is 0 Å². The first-order valence-electron chi connectivity index (χ1n) is 4.92. The first-order valence-corrected chi connectivity index (χ1v) is 5.30. The number of nitrogens with one attached hydrogen (secondary N) is 2. The van der Waals surface area contributed by atoms with Crippen LogP contribution >= 0.6 is 11.6 Å². The standard InChI is InChI=1S/C11H12ClN3O/c12-9-5-8(1-2-10(9)16)6-13-7-11-14-3-4-15-11/h1-5,13,16H,6-7H2,(H,14,15). The van der Waals surface area contributed by atoms with Crippen LogP contribution in [-0.4, -0.2) is 15.1 Å². The van der Waals surface area contributed by atoms with Crippen molar-refractivity contribution in [3.05, 3.63) is 47.0 Å². The Bertz CT molecular complexity index is 456. The molecule has 16 heavy (non-hydrogen) atoms. The molecule has 0 aliphatic rings. The fourth-order valence-corrected chi connectivity index (χ4v) is 1.58. The van der Waals surface area contributed by atoms with E-state index in [1.54, 1.807) is 24.5 Å². The molecule has 3 N–H and O–H groups in total. The maximum Gasteiger partial charge on any atom is 0.134 e. The molecule has 0 fully saturated rings. The Balaban J connectivity index is 1.87. The Morgan fingerprint density at radius 1 is 1.38 bits per heavy atom. The number of halogens is 1. The van der Waals surface area contributed by atoms with Crippen molar-refractivity contribution >= 4 is 11.6 Å². The molecule has 1 aromatic carbocycles. The van der Waals surface area contributed by atoms with Gasteiger partial charge in [0.2, 0.25) is 0 Å². The summed E-state index contributed by atoms with van der Waals surface area (Å²) >= 11 is 5.80.